The third kappa shape index (κ3) is 1.47. The smallest absolute Gasteiger partial charge is 0.0366 e. The Morgan fingerprint density at radius 3 is 3.11 bits per heavy atom. The van der Waals surface area contributed by atoms with E-state index >= 15 is 0 Å². The van der Waals surface area contributed by atoms with Gasteiger partial charge in [0.25, 0.3) is 0 Å². The van der Waals surface area contributed by atoms with Crippen molar-refractivity contribution in [2.45, 2.75) is 44.2 Å². The first-order chi connectivity index (χ1) is 8.82. The van der Waals surface area contributed by atoms with E-state index in [9.17, 15) is 0 Å². The first-order valence-corrected chi connectivity index (χ1v) is 8.20. The fraction of sp³-hybridized carbons (Fsp3) is 0.733. The zero-order chi connectivity index (χ0) is 12.2. The van der Waals surface area contributed by atoms with Crippen molar-refractivity contribution in [3.63, 3.8) is 0 Å². The third-order valence-corrected chi connectivity index (χ3v) is 6.76. The van der Waals surface area contributed by atoms with Crippen molar-refractivity contribution >= 4 is 11.3 Å². The lowest BCUT2D eigenvalue weighted by Gasteiger charge is -2.48. The molecule has 2 bridgehead atoms. The van der Waals surface area contributed by atoms with Gasteiger partial charge in [-0.1, -0.05) is 6.42 Å². The molecule has 98 valence electrons. The van der Waals surface area contributed by atoms with Crippen LogP contribution in [0.3, 0.4) is 0 Å². The molecule has 4 rings (SSSR count). The van der Waals surface area contributed by atoms with Gasteiger partial charge in [0.2, 0.25) is 0 Å². The topological polar surface area (TPSA) is 29.3 Å². The Bertz CT molecular complexity index is 455. The van der Waals surface area contributed by atoms with Crippen LogP contribution in [0, 0.1) is 11.8 Å². The number of hydrogen-bond donors (Lipinski definition) is 1. The van der Waals surface area contributed by atoms with Crippen LogP contribution in [0.15, 0.2) is 11.4 Å². The van der Waals surface area contributed by atoms with Crippen molar-refractivity contribution in [2.24, 2.45) is 17.6 Å². The van der Waals surface area contributed by atoms with Gasteiger partial charge >= 0.3 is 0 Å². The van der Waals surface area contributed by atoms with Crippen molar-refractivity contribution in [2.75, 3.05) is 13.1 Å². The second kappa shape index (κ2) is 4.06. The maximum atomic E-state index is 6.24. The number of nitrogens with zero attached hydrogens (tertiary/aromatic N) is 1. The van der Waals surface area contributed by atoms with Crippen LogP contribution in [0.25, 0.3) is 0 Å². The van der Waals surface area contributed by atoms with Crippen LogP contribution in [0.1, 0.15) is 36.1 Å². The Labute approximate surface area is 113 Å². The van der Waals surface area contributed by atoms with E-state index < -0.39 is 0 Å². The highest BCUT2D eigenvalue weighted by Gasteiger charge is 2.53. The van der Waals surface area contributed by atoms with E-state index in [0.29, 0.717) is 5.54 Å². The van der Waals surface area contributed by atoms with Crippen LogP contribution in [0.4, 0.5) is 0 Å². The van der Waals surface area contributed by atoms with Gasteiger partial charge in [0.1, 0.15) is 0 Å². The van der Waals surface area contributed by atoms with Gasteiger partial charge in [0.15, 0.2) is 0 Å². The van der Waals surface area contributed by atoms with Crippen LogP contribution < -0.4 is 5.73 Å². The lowest BCUT2D eigenvalue weighted by atomic mass is 9.78. The Morgan fingerprint density at radius 2 is 2.39 bits per heavy atom. The standard InChI is InChI=1S/C15H22N2S/c16-10-15(8-11-1-2-13(15)7-11)17-5-3-14-12(9-17)4-6-18-14/h4,6,11,13H,1-3,5,7-10,16H2. The molecule has 1 aromatic heterocycles. The summed E-state index contributed by atoms with van der Waals surface area (Å²) in [6, 6.07) is 2.32. The monoisotopic (exact) mass is 262 g/mol. The van der Waals surface area contributed by atoms with Crippen molar-refractivity contribution in [3.8, 4) is 0 Å². The number of nitrogens with two attached hydrogens (primary N) is 1. The fourth-order valence-corrected chi connectivity index (χ4v) is 5.70. The van der Waals surface area contributed by atoms with E-state index in [1.165, 1.54) is 38.6 Å². The summed E-state index contributed by atoms with van der Waals surface area (Å²) in [5, 5.41) is 2.25. The number of rotatable bonds is 2. The van der Waals surface area contributed by atoms with E-state index in [2.05, 4.69) is 16.3 Å². The molecule has 3 unspecified atom stereocenters. The van der Waals surface area contributed by atoms with E-state index in [1.807, 2.05) is 11.3 Å². The molecule has 2 heterocycles. The van der Waals surface area contributed by atoms with E-state index in [4.69, 9.17) is 5.73 Å². The first kappa shape index (κ1) is 11.4. The maximum absolute atomic E-state index is 6.24. The summed E-state index contributed by atoms with van der Waals surface area (Å²) < 4.78 is 0. The fourth-order valence-electron chi connectivity index (χ4n) is 4.81. The molecule has 0 aromatic carbocycles. The zero-order valence-electron chi connectivity index (χ0n) is 10.9. The highest BCUT2D eigenvalue weighted by atomic mass is 32.1. The molecule has 3 atom stereocenters. The van der Waals surface area contributed by atoms with Crippen molar-refractivity contribution < 1.29 is 0 Å². The summed E-state index contributed by atoms with van der Waals surface area (Å²) in [4.78, 5) is 4.35. The highest BCUT2D eigenvalue weighted by molar-refractivity contribution is 7.10. The summed E-state index contributed by atoms with van der Waals surface area (Å²) in [6.45, 7) is 3.25. The van der Waals surface area contributed by atoms with Crippen molar-refractivity contribution in [1.82, 2.24) is 4.90 Å². The molecule has 18 heavy (non-hydrogen) atoms. The highest BCUT2D eigenvalue weighted by Crippen LogP contribution is 2.53. The third-order valence-electron chi connectivity index (χ3n) is 5.73. The second-order valence-electron chi connectivity index (χ2n) is 6.43. The molecule has 1 aromatic rings. The van der Waals surface area contributed by atoms with Crippen LogP contribution >= 0.6 is 11.3 Å². The summed E-state index contributed by atoms with van der Waals surface area (Å²) in [5.74, 6) is 1.86. The average Bonchev–Trinajstić information content (AvgIpc) is 3.12. The number of hydrogen-bond acceptors (Lipinski definition) is 3. The SMILES string of the molecule is NCC1(N2CCc3sccc3C2)CC2CCC1C2. The minimum Gasteiger partial charge on any atom is -0.329 e. The van der Waals surface area contributed by atoms with Gasteiger partial charge in [-0.3, -0.25) is 4.90 Å². The van der Waals surface area contributed by atoms with Crippen LogP contribution in [-0.2, 0) is 13.0 Å². The van der Waals surface area contributed by atoms with Crippen LogP contribution in [0.2, 0.25) is 0 Å². The second-order valence-corrected chi connectivity index (χ2v) is 7.43. The van der Waals surface area contributed by atoms with Gasteiger partial charge in [0.05, 0.1) is 0 Å². The van der Waals surface area contributed by atoms with Crippen LogP contribution in [0.5, 0.6) is 0 Å². The molecule has 2 aliphatic carbocycles. The Morgan fingerprint density at radius 1 is 1.44 bits per heavy atom. The van der Waals surface area contributed by atoms with Gasteiger partial charge in [-0.05, 0) is 54.5 Å². The predicted octanol–water partition coefficient (Wildman–Crippen LogP) is 2.62. The molecular weight excluding hydrogens is 240 g/mol. The molecule has 2 fully saturated rings. The molecule has 0 spiro atoms. The Kier molecular flexibility index (Phi) is 2.58. The Hall–Kier alpha value is -0.380. The van der Waals surface area contributed by atoms with Gasteiger partial charge in [-0.2, -0.15) is 0 Å². The molecule has 0 amide bonds. The number of fused-ring (bicyclic) bond motifs is 3. The minimum atomic E-state index is 0.350. The van der Waals surface area contributed by atoms with E-state index in [-0.39, 0.29) is 0 Å². The first-order valence-electron chi connectivity index (χ1n) is 7.32. The predicted molar refractivity (Wildman–Crippen MR) is 75.7 cm³/mol. The van der Waals surface area contributed by atoms with Crippen molar-refractivity contribution in [1.29, 1.82) is 0 Å². The molecule has 1 aliphatic heterocycles. The summed E-state index contributed by atoms with van der Waals surface area (Å²) in [7, 11) is 0. The summed E-state index contributed by atoms with van der Waals surface area (Å²) >= 11 is 1.93. The molecular formula is C15H22N2S. The molecule has 2 nitrogen and oxygen atoms in total. The zero-order valence-corrected chi connectivity index (χ0v) is 11.7. The van der Waals surface area contributed by atoms with Crippen molar-refractivity contribution in [3.05, 3.63) is 21.9 Å². The molecule has 2 N–H and O–H groups in total. The van der Waals surface area contributed by atoms with E-state index in [1.54, 1.807) is 10.4 Å². The summed E-state index contributed by atoms with van der Waals surface area (Å²) in [5.41, 5.74) is 8.16. The normalized spacial score (nSPS) is 39.2. The minimum absolute atomic E-state index is 0.350. The molecule has 3 aliphatic rings. The van der Waals surface area contributed by atoms with Gasteiger partial charge in [-0.25, -0.2) is 0 Å². The molecule has 2 saturated carbocycles. The number of thiophene rings is 1. The van der Waals surface area contributed by atoms with Gasteiger partial charge in [-0.15, -0.1) is 11.3 Å². The molecule has 3 heteroatoms. The van der Waals surface area contributed by atoms with Gasteiger partial charge in [0, 0.05) is 30.1 Å². The van der Waals surface area contributed by atoms with E-state index in [0.717, 1.165) is 24.9 Å². The maximum Gasteiger partial charge on any atom is 0.0366 e. The Balaban J connectivity index is 1.63. The quantitative estimate of drug-likeness (QED) is 0.888. The average molecular weight is 262 g/mol. The molecule has 0 saturated heterocycles. The van der Waals surface area contributed by atoms with Crippen LogP contribution in [-0.4, -0.2) is 23.5 Å². The summed E-state index contributed by atoms with van der Waals surface area (Å²) in [6.07, 6.45) is 6.95. The van der Waals surface area contributed by atoms with Gasteiger partial charge < -0.3 is 5.73 Å². The molecule has 0 radical (unpaired) electrons. The largest absolute Gasteiger partial charge is 0.329 e. The lowest BCUT2D eigenvalue weighted by molar-refractivity contribution is 0.0304. The lowest BCUT2D eigenvalue weighted by Crippen LogP contribution is -2.58.